The second-order valence-corrected chi connectivity index (χ2v) is 7.18. The molecule has 2 aromatic carbocycles. The molecule has 29 heavy (non-hydrogen) atoms. The van der Waals surface area contributed by atoms with Crippen LogP contribution >= 0.6 is 11.3 Å². The van der Waals surface area contributed by atoms with Gasteiger partial charge in [0.05, 0.1) is 4.92 Å². The summed E-state index contributed by atoms with van der Waals surface area (Å²) in [7, 11) is 0. The molecule has 0 aliphatic rings. The summed E-state index contributed by atoms with van der Waals surface area (Å²) >= 11 is 1.07. The lowest BCUT2D eigenvalue weighted by molar-refractivity contribution is -0.385. The molecule has 0 amide bonds. The van der Waals surface area contributed by atoms with Crippen LogP contribution in [-0.4, -0.2) is 28.8 Å². The van der Waals surface area contributed by atoms with Gasteiger partial charge in [-0.05, 0) is 44.2 Å². The van der Waals surface area contributed by atoms with Crippen molar-refractivity contribution in [2.75, 3.05) is 29.0 Å². The zero-order valence-corrected chi connectivity index (χ0v) is 16.9. The van der Waals surface area contributed by atoms with E-state index in [0.29, 0.717) is 5.13 Å². The van der Waals surface area contributed by atoms with Crippen LogP contribution in [-0.2, 0) is 0 Å². The summed E-state index contributed by atoms with van der Waals surface area (Å²) in [5, 5.41) is 14.8. The third kappa shape index (κ3) is 4.35. The highest BCUT2D eigenvalue weighted by atomic mass is 32.1. The van der Waals surface area contributed by atoms with Crippen LogP contribution in [0.2, 0.25) is 0 Å². The number of anilines is 4. The van der Waals surface area contributed by atoms with Crippen molar-refractivity contribution in [3.8, 4) is 0 Å². The number of nitro benzene ring substituents is 1. The van der Waals surface area contributed by atoms with Crippen LogP contribution < -0.4 is 16.0 Å². The van der Waals surface area contributed by atoms with Crippen LogP contribution in [0.4, 0.5) is 28.0 Å². The quantitative estimate of drug-likeness (QED) is 0.319. The molecule has 0 spiro atoms. The molecule has 3 rings (SSSR count). The molecule has 0 aliphatic carbocycles. The zero-order chi connectivity index (χ0) is 21.0. The molecule has 1 aromatic heterocycles. The molecule has 0 radical (unpaired) electrons. The topological polar surface area (TPSA) is 114 Å². The molecule has 0 fully saturated rings. The van der Waals surface area contributed by atoms with E-state index in [1.165, 1.54) is 18.2 Å². The molecule has 3 aromatic rings. The second-order valence-electron chi connectivity index (χ2n) is 6.18. The van der Waals surface area contributed by atoms with E-state index in [9.17, 15) is 14.9 Å². The number of thiazole rings is 1. The van der Waals surface area contributed by atoms with Crippen molar-refractivity contribution < 1.29 is 9.72 Å². The minimum absolute atomic E-state index is 0.0111. The summed E-state index contributed by atoms with van der Waals surface area (Å²) in [5.41, 5.74) is 7.57. The first-order chi connectivity index (χ1) is 13.9. The molecule has 3 N–H and O–H groups in total. The lowest BCUT2D eigenvalue weighted by atomic mass is 10.1. The summed E-state index contributed by atoms with van der Waals surface area (Å²) in [6.07, 6.45) is 0. The number of benzene rings is 2. The molecule has 9 heteroatoms. The Morgan fingerprint density at radius 2 is 1.83 bits per heavy atom. The third-order valence-electron chi connectivity index (χ3n) is 4.45. The Balaban J connectivity index is 1.82. The molecular weight excluding hydrogens is 390 g/mol. The van der Waals surface area contributed by atoms with Gasteiger partial charge in [-0.2, -0.15) is 0 Å². The van der Waals surface area contributed by atoms with Gasteiger partial charge in [-0.3, -0.25) is 14.9 Å². The number of para-hydroxylation sites is 1. The van der Waals surface area contributed by atoms with Gasteiger partial charge in [0, 0.05) is 30.5 Å². The Morgan fingerprint density at radius 3 is 2.45 bits per heavy atom. The minimum Gasteiger partial charge on any atom is -0.382 e. The number of ketones is 1. The number of hydrogen-bond donors (Lipinski definition) is 2. The van der Waals surface area contributed by atoms with Crippen molar-refractivity contribution in [2.24, 2.45) is 0 Å². The largest absolute Gasteiger partial charge is 0.382 e. The number of hydrogen-bond acceptors (Lipinski definition) is 8. The SMILES string of the molecule is CCN(CC)c1ccc(Nc2nc(N)c(C(=O)c3ccccc3[N+](=O)[O-])s2)cc1. The van der Waals surface area contributed by atoms with Gasteiger partial charge in [0.25, 0.3) is 5.69 Å². The standard InChI is InChI=1S/C20H21N5O3S/c1-3-24(4-2)14-11-9-13(10-12-14)22-20-23-19(21)18(29-20)17(26)15-7-5-6-8-16(15)25(27)28/h5-12H,3-4,21H2,1-2H3,(H,22,23). The molecule has 0 bridgehead atoms. The van der Waals surface area contributed by atoms with Gasteiger partial charge in [0.2, 0.25) is 5.78 Å². The molecule has 150 valence electrons. The molecule has 0 saturated heterocycles. The first-order valence-corrected chi connectivity index (χ1v) is 9.92. The van der Waals surface area contributed by atoms with Crippen molar-refractivity contribution in [1.82, 2.24) is 4.98 Å². The fraction of sp³-hybridized carbons (Fsp3) is 0.200. The van der Waals surface area contributed by atoms with E-state index in [1.54, 1.807) is 6.07 Å². The van der Waals surface area contributed by atoms with Gasteiger partial charge < -0.3 is 16.0 Å². The molecular formula is C20H21N5O3S. The lowest BCUT2D eigenvalue weighted by Gasteiger charge is -2.21. The van der Waals surface area contributed by atoms with E-state index < -0.39 is 10.7 Å². The van der Waals surface area contributed by atoms with Gasteiger partial charge in [-0.15, -0.1) is 0 Å². The van der Waals surface area contributed by atoms with Crippen LogP contribution in [0, 0.1) is 10.1 Å². The maximum Gasteiger partial charge on any atom is 0.280 e. The number of nitro groups is 1. The first kappa shape index (κ1) is 20.3. The fourth-order valence-electron chi connectivity index (χ4n) is 2.96. The number of nitrogens with zero attached hydrogens (tertiary/aromatic N) is 3. The highest BCUT2D eigenvalue weighted by molar-refractivity contribution is 7.18. The lowest BCUT2D eigenvalue weighted by Crippen LogP contribution is -2.21. The van der Waals surface area contributed by atoms with Crippen LogP contribution in [0.15, 0.2) is 48.5 Å². The summed E-state index contributed by atoms with van der Waals surface area (Å²) in [4.78, 5) is 30.0. The zero-order valence-electron chi connectivity index (χ0n) is 16.1. The number of nitrogen functional groups attached to an aromatic ring is 1. The average Bonchev–Trinajstić information content (AvgIpc) is 3.09. The Hall–Kier alpha value is -3.46. The van der Waals surface area contributed by atoms with Gasteiger partial charge in [0.15, 0.2) is 5.13 Å². The minimum atomic E-state index is -0.582. The van der Waals surface area contributed by atoms with Crippen LogP contribution in [0.5, 0.6) is 0 Å². The fourth-order valence-corrected chi connectivity index (χ4v) is 3.82. The predicted molar refractivity (Wildman–Crippen MR) is 116 cm³/mol. The van der Waals surface area contributed by atoms with Gasteiger partial charge in [-0.1, -0.05) is 23.5 Å². The molecule has 0 unspecified atom stereocenters. The molecule has 0 aliphatic heterocycles. The number of rotatable bonds is 8. The maximum atomic E-state index is 12.8. The normalized spacial score (nSPS) is 10.6. The monoisotopic (exact) mass is 411 g/mol. The molecule has 8 nitrogen and oxygen atoms in total. The highest BCUT2D eigenvalue weighted by Crippen LogP contribution is 2.32. The van der Waals surface area contributed by atoms with Crippen molar-refractivity contribution in [3.05, 3.63) is 69.1 Å². The summed E-state index contributed by atoms with van der Waals surface area (Å²) in [6, 6.07) is 13.7. The van der Waals surface area contributed by atoms with Crippen molar-refractivity contribution >= 4 is 45.1 Å². The number of carbonyl (C=O) groups is 1. The Kier molecular flexibility index (Phi) is 6.08. The van der Waals surface area contributed by atoms with Crippen molar-refractivity contribution in [3.63, 3.8) is 0 Å². The molecule has 0 saturated carbocycles. The number of carbonyl (C=O) groups excluding carboxylic acids is 1. The van der Waals surface area contributed by atoms with Crippen molar-refractivity contribution in [2.45, 2.75) is 13.8 Å². The number of nitrogens with one attached hydrogen (secondary N) is 1. The van der Waals surface area contributed by atoms with E-state index in [1.807, 2.05) is 24.3 Å². The summed E-state index contributed by atoms with van der Waals surface area (Å²) in [5.74, 6) is -0.474. The average molecular weight is 411 g/mol. The number of aromatic nitrogens is 1. The predicted octanol–water partition coefficient (Wildman–Crippen LogP) is 4.45. The Labute approximate surface area is 172 Å². The van der Waals surface area contributed by atoms with E-state index in [0.717, 1.165) is 35.8 Å². The number of nitrogens with two attached hydrogens (primary N) is 1. The highest BCUT2D eigenvalue weighted by Gasteiger charge is 2.25. The molecule has 0 atom stereocenters. The van der Waals surface area contributed by atoms with Gasteiger partial charge in [0.1, 0.15) is 16.3 Å². The van der Waals surface area contributed by atoms with Crippen molar-refractivity contribution in [1.29, 1.82) is 0 Å². The van der Waals surface area contributed by atoms with Crippen LogP contribution in [0.25, 0.3) is 0 Å². The molecule has 1 heterocycles. The smallest absolute Gasteiger partial charge is 0.280 e. The third-order valence-corrected chi connectivity index (χ3v) is 5.44. The Bertz CT molecular complexity index is 1030. The van der Waals surface area contributed by atoms with E-state index >= 15 is 0 Å². The Morgan fingerprint density at radius 1 is 1.17 bits per heavy atom. The second kappa shape index (κ2) is 8.70. The van der Waals surface area contributed by atoms with Crippen LogP contribution in [0.3, 0.4) is 0 Å². The van der Waals surface area contributed by atoms with Gasteiger partial charge in [-0.25, -0.2) is 4.98 Å². The first-order valence-electron chi connectivity index (χ1n) is 9.11. The van der Waals surface area contributed by atoms with E-state index in [4.69, 9.17) is 5.73 Å². The van der Waals surface area contributed by atoms with E-state index in [-0.39, 0.29) is 21.9 Å². The van der Waals surface area contributed by atoms with E-state index in [2.05, 4.69) is 29.0 Å². The van der Waals surface area contributed by atoms with Gasteiger partial charge >= 0.3 is 0 Å². The summed E-state index contributed by atoms with van der Waals surface area (Å²) in [6.45, 7) is 6.04. The maximum absolute atomic E-state index is 12.8. The van der Waals surface area contributed by atoms with Crippen LogP contribution in [0.1, 0.15) is 29.1 Å². The summed E-state index contributed by atoms with van der Waals surface area (Å²) < 4.78 is 0.